The van der Waals surface area contributed by atoms with Gasteiger partial charge >= 0.3 is 0 Å². The Bertz CT molecular complexity index is 569. The first-order valence-corrected chi connectivity index (χ1v) is 8.16. The second-order valence-electron chi connectivity index (χ2n) is 5.21. The first-order valence-electron chi connectivity index (χ1n) is 7.36. The smallest absolute Gasteiger partial charge is 0.126 e. The van der Waals surface area contributed by atoms with E-state index in [9.17, 15) is 0 Å². The fourth-order valence-corrected chi connectivity index (χ4v) is 3.03. The van der Waals surface area contributed by atoms with Crippen LogP contribution in [0.1, 0.15) is 29.5 Å². The van der Waals surface area contributed by atoms with Crippen LogP contribution in [-0.2, 0) is 13.0 Å². The maximum Gasteiger partial charge on any atom is 0.126 e. The van der Waals surface area contributed by atoms with Crippen molar-refractivity contribution in [3.63, 3.8) is 0 Å². The highest BCUT2D eigenvalue weighted by Crippen LogP contribution is 2.28. The highest BCUT2D eigenvalue weighted by atomic mass is 79.9. The lowest BCUT2D eigenvalue weighted by molar-refractivity contribution is 0.302. The number of unbranched alkanes of at least 4 members (excludes halogenated alkanes) is 1. The second kappa shape index (κ2) is 8.20. The van der Waals surface area contributed by atoms with Gasteiger partial charge in [-0.1, -0.05) is 46.3 Å². The van der Waals surface area contributed by atoms with Gasteiger partial charge in [0.05, 0.1) is 6.61 Å². The molecule has 0 unspecified atom stereocenters. The summed E-state index contributed by atoms with van der Waals surface area (Å²) < 4.78 is 7.00. The Morgan fingerprint density at radius 1 is 1.10 bits per heavy atom. The zero-order valence-electron chi connectivity index (χ0n) is 12.4. The molecule has 2 rings (SSSR count). The van der Waals surface area contributed by atoms with E-state index in [1.54, 1.807) is 0 Å². The van der Waals surface area contributed by atoms with Crippen LogP contribution >= 0.6 is 15.9 Å². The monoisotopic (exact) mass is 347 g/mol. The van der Waals surface area contributed by atoms with Crippen LogP contribution in [0.4, 0.5) is 0 Å². The number of ether oxygens (including phenoxy) is 1. The zero-order valence-corrected chi connectivity index (χ0v) is 14.0. The summed E-state index contributed by atoms with van der Waals surface area (Å²) in [5.74, 6) is 0.945. The molecule has 2 aromatic rings. The van der Waals surface area contributed by atoms with Gasteiger partial charge in [-0.05, 0) is 49.4 Å². The number of benzene rings is 2. The minimum atomic E-state index is 0.500. The molecule has 0 aliphatic heterocycles. The van der Waals surface area contributed by atoms with Crippen molar-refractivity contribution < 1.29 is 4.74 Å². The van der Waals surface area contributed by atoms with E-state index in [2.05, 4.69) is 59.3 Å². The van der Waals surface area contributed by atoms with Crippen molar-refractivity contribution in [3.8, 4) is 5.75 Å². The molecule has 0 spiro atoms. The Morgan fingerprint density at radius 2 is 1.86 bits per heavy atom. The van der Waals surface area contributed by atoms with E-state index in [1.807, 2.05) is 6.07 Å². The van der Waals surface area contributed by atoms with Crippen LogP contribution in [-0.4, -0.2) is 6.61 Å². The minimum absolute atomic E-state index is 0.500. The van der Waals surface area contributed by atoms with Crippen molar-refractivity contribution >= 4 is 15.9 Å². The van der Waals surface area contributed by atoms with E-state index in [4.69, 9.17) is 10.5 Å². The average Bonchev–Trinajstić information content (AvgIpc) is 2.49. The number of halogens is 1. The molecule has 21 heavy (non-hydrogen) atoms. The SMILES string of the molecule is Cc1cc(Br)cc(CN)c1OCCCCc1ccccc1. The van der Waals surface area contributed by atoms with Crippen molar-refractivity contribution in [2.24, 2.45) is 5.73 Å². The average molecular weight is 348 g/mol. The molecule has 2 nitrogen and oxygen atoms in total. The molecular weight excluding hydrogens is 326 g/mol. The number of nitrogens with two attached hydrogens (primary N) is 1. The summed E-state index contributed by atoms with van der Waals surface area (Å²) >= 11 is 3.50. The lowest BCUT2D eigenvalue weighted by Gasteiger charge is -2.14. The molecule has 2 aromatic carbocycles. The molecule has 0 fully saturated rings. The van der Waals surface area contributed by atoms with Gasteiger partial charge in [-0.25, -0.2) is 0 Å². The quantitative estimate of drug-likeness (QED) is 0.741. The normalized spacial score (nSPS) is 10.6. The summed E-state index contributed by atoms with van der Waals surface area (Å²) in [7, 11) is 0. The maximum absolute atomic E-state index is 5.95. The highest BCUT2D eigenvalue weighted by Gasteiger charge is 2.07. The third kappa shape index (κ3) is 4.87. The van der Waals surface area contributed by atoms with Gasteiger partial charge in [0, 0.05) is 16.6 Å². The molecule has 0 aliphatic rings. The molecule has 2 N–H and O–H groups in total. The Hall–Kier alpha value is -1.32. The van der Waals surface area contributed by atoms with E-state index in [0.717, 1.165) is 47.2 Å². The summed E-state index contributed by atoms with van der Waals surface area (Å²) in [6, 6.07) is 14.7. The van der Waals surface area contributed by atoms with Crippen LogP contribution < -0.4 is 10.5 Å². The fraction of sp³-hybridized carbons (Fsp3) is 0.333. The molecule has 0 atom stereocenters. The van der Waals surface area contributed by atoms with Crippen molar-refractivity contribution in [1.29, 1.82) is 0 Å². The van der Waals surface area contributed by atoms with E-state index >= 15 is 0 Å². The zero-order chi connectivity index (χ0) is 15.1. The lowest BCUT2D eigenvalue weighted by Crippen LogP contribution is -2.06. The van der Waals surface area contributed by atoms with Gasteiger partial charge in [0.25, 0.3) is 0 Å². The van der Waals surface area contributed by atoms with Crippen molar-refractivity contribution in [2.75, 3.05) is 6.61 Å². The molecule has 112 valence electrons. The van der Waals surface area contributed by atoms with Crippen LogP contribution in [0.2, 0.25) is 0 Å². The molecule has 0 saturated carbocycles. The van der Waals surface area contributed by atoms with Crippen LogP contribution in [0, 0.1) is 6.92 Å². The third-order valence-corrected chi connectivity index (χ3v) is 3.94. The van der Waals surface area contributed by atoms with Gasteiger partial charge in [-0.15, -0.1) is 0 Å². The van der Waals surface area contributed by atoms with E-state index in [0.29, 0.717) is 6.54 Å². The van der Waals surface area contributed by atoms with Crippen molar-refractivity contribution in [1.82, 2.24) is 0 Å². The van der Waals surface area contributed by atoms with Gasteiger partial charge in [0.1, 0.15) is 5.75 Å². The van der Waals surface area contributed by atoms with Gasteiger partial charge in [-0.2, -0.15) is 0 Å². The summed E-state index contributed by atoms with van der Waals surface area (Å²) in [6.45, 7) is 3.30. The standard InChI is InChI=1S/C18H22BrNO/c1-14-11-17(19)12-16(13-20)18(14)21-10-6-5-9-15-7-3-2-4-8-15/h2-4,7-8,11-12H,5-6,9-10,13,20H2,1H3. The van der Waals surface area contributed by atoms with Gasteiger partial charge in [0.15, 0.2) is 0 Å². The van der Waals surface area contributed by atoms with Crippen LogP contribution in [0.15, 0.2) is 46.9 Å². The van der Waals surface area contributed by atoms with Crippen LogP contribution in [0.5, 0.6) is 5.75 Å². The van der Waals surface area contributed by atoms with Crippen LogP contribution in [0.25, 0.3) is 0 Å². The predicted molar refractivity (Wildman–Crippen MR) is 91.6 cm³/mol. The third-order valence-electron chi connectivity index (χ3n) is 3.49. The number of hydrogen-bond donors (Lipinski definition) is 1. The minimum Gasteiger partial charge on any atom is -0.493 e. The van der Waals surface area contributed by atoms with E-state index in [1.165, 1.54) is 5.56 Å². The van der Waals surface area contributed by atoms with E-state index in [-0.39, 0.29) is 0 Å². The van der Waals surface area contributed by atoms with Gasteiger partial charge in [-0.3, -0.25) is 0 Å². The molecule has 0 radical (unpaired) electrons. The van der Waals surface area contributed by atoms with Crippen molar-refractivity contribution in [2.45, 2.75) is 32.7 Å². The molecule has 0 amide bonds. The summed E-state index contributed by atoms with van der Waals surface area (Å²) in [6.07, 6.45) is 3.29. The highest BCUT2D eigenvalue weighted by molar-refractivity contribution is 9.10. The molecule has 0 aromatic heterocycles. The summed E-state index contributed by atoms with van der Waals surface area (Å²) in [5, 5.41) is 0. The number of rotatable bonds is 7. The topological polar surface area (TPSA) is 35.2 Å². The molecule has 0 aliphatic carbocycles. The van der Waals surface area contributed by atoms with Gasteiger partial charge in [0.2, 0.25) is 0 Å². The Morgan fingerprint density at radius 3 is 2.57 bits per heavy atom. The molecular formula is C18H22BrNO. The molecule has 0 saturated heterocycles. The summed E-state index contributed by atoms with van der Waals surface area (Å²) in [5.41, 5.74) is 9.38. The first-order chi connectivity index (χ1) is 10.2. The Labute approximate surface area is 135 Å². The molecule has 0 bridgehead atoms. The predicted octanol–water partition coefficient (Wildman–Crippen LogP) is 4.62. The Kier molecular flexibility index (Phi) is 6.27. The number of hydrogen-bond acceptors (Lipinski definition) is 2. The largest absolute Gasteiger partial charge is 0.493 e. The first kappa shape index (κ1) is 16.1. The maximum atomic E-state index is 5.95. The Balaban J connectivity index is 1.81. The van der Waals surface area contributed by atoms with Crippen LogP contribution in [0.3, 0.4) is 0 Å². The molecule has 0 heterocycles. The summed E-state index contributed by atoms with van der Waals surface area (Å²) in [4.78, 5) is 0. The fourth-order valence-electron chi connectivity index (χ4n) is 2.41. The van der Waals surface area contributed by atoms with Gasteiger partial charge < -0.3 is 10.5 Å². The number of aryl methyl sites for hydroxylation is 2. The van der Waals surface area contributed by atoms with E-state index < -0.39 is 0 Å². The second-order valence-corrected chi connectivity index (χ2v) is 6.12. The lowest BCUT2D eigenvalue weighted by atomic mass is 10.1. The van der Waals surface area contributed by atoms with Crippen molar-refractivity contribution in [3.05, 3.63) is 63.6 Å². The molecule has 3 heteroatoms.